The Morgan fingerprint density at radius 2 is 0.731 bits per heavy atom. The summed E-state index contributed by atoms with van der Waals surface area (Å²) in [6, 6.07) is 0. The Bertz CT molecular complexity index is 525. The van der Waals surface area contributed by atoms with Gasteiger partial charge in [-0.15, -0.1) is 32.9 Å². The molecule has 26 heavy (non-hydrogen) atoms. The first-order valence-corrected chi connectivity index (χ1v) is 20.1. The molecule has 0 bridgehead atoms. The van der Waals surface area contributed by atoms with Crippen LogP contribution in [0.3, 0.4) is 0 Å². The first kappa shape index (κ1) is 25.5. The number of hydrogen-bond acceptors (Lipinski definition) is 6. The average molecular weight is 449 g/mol. The van der Waals surface area contributed by atoms with Crippen LogP contribution in [0.2, 0.25) is 32.7 Å². The van der Waals surface area contributed by atoms with Crippen molar-refractivity contribution in [1.82, 2.24) is 0 Å². The van der Waals surface area contributed by atoms with Gasteiger partial charge in [0, 0.05) is 0 Å². The fourth-order valence-corrected chi connectivity index (χ4v) is 19.3. The molecule has 0 aromatic heterocycles. The van der Waals surface area contributed by atoms with Gasteiger partial charge >= 0.3 is 42.8 Å². The summed E-state index contributed by atoms with van der Waals surface area (Å²) in [6.07, 6.45) is 0. The summed E-state index contributed by atoms with van der Waals surface area (Å²) >= 11 is 0. The average Bonchev–Trinajstić information content (AvgIpc) is 2.53. The highest BCUT2D eigenvalue weighted by Crippen LogP contribution is 2.27. The van der Waals surface area contributed by atoms with E-state index in [2.05, 4.69) is 32.9 Å². The molecule has 0 rings (SSSR count). The smallest absolute Gasteiger partial charge is 0.349 e. The summed E-state index contributed by atoms with van der Waals surface area (Å²) in [5, 5.41) is 0. The molecule has 11 heteroatoms. The molecule has 0 radical (unpaired) electrons. The highest BCUT2D eigenvalue weighted by molar-refractivity contribution is 6.94. The van der Waals surface area contributed by atoms with Gasteiger partial charge in [0.1, 0.15) is 0 Å². The van der Waals surface area contributed by atoms with Crippen LogP contribution in [0.4, 0.5) is 0 Å². The minimum absolute atomic E-state index is 1.41. The fraction of sp³-hybridized carbons (Fsp3) is 0.333. The molecule has 148 valence electrons. The van der Waals surface area contributed by atoms with Crippen molar-refractivity contribution in [3.05, 3.63) is 61.4 Å². The third-order valence-corrected chi connectivity index (χ3v) is 20.3. The van der Waals surface area contributed by atoms with Crippen LogP contribution in [-0.4, -0.2) is 52.4 Å². The van der Waals surface area contributed by atoms with E-state index in [-0.39, 0.29) is 0 Å². The molecule has 0 aliphatic heterocycles. The van der Waals surface area contributed by atoms with Gasteiger partial charge in [-0.25, -0.2) is 0 Å². The summed E-state index contributed by atoms with van der Waals surface area (Å²) in [4.78, 5) is 20.6. The Balaban J connectivity index is 5.64. The van der Waals surface area contributed by atoms with Gasteiger partial charge in [0.2, 0.25) is 0 Å². The zero-order valence-electron chi connectivity index (χ0n) is 16.4. The minimum Gasteiger partial charge on any atom is -0.410 e. The van der Waals surface area contributed by atoms with E-state index in [1.165, 1.54) is 11.4 Å². The highest BCUT2D eigenvalue weighted by Gasteiger charge is 2.49. The Hall–Kier alpha value is -0.456. The maximum absolute atomic E-state index is 10.3. The number of rotatable bonds is 13. The first-order valence-electron chi connectivity index (χ1n) is 8.06. The second kappa shape index (κ2) is 9.16. The lowest BCUT2D eigenvalue weighted by Crippen LogP contribution is -2.60. The van der Waals surface area contributed by atoms with E-state index in [1.807, 2.05) is 0 Å². The van der Waals surface area contributed by atoms with Crippen LogP contribution in [0.15, 0.2) is 61.4 Å². The lowest BCUT2D eigenvalue weighted by Gasteiger charge is -2.41. The second-order valence-electron chi connectivity index (χ2n) is 6.59. The molecule has 6 nitrogen and oxygen atoms in total. The Kier molecular flexibility index (Phi) is 9.00. The molecule has 0 spiro atoms. The third-order valence-electron chi connectivity index (χ3n) is 3.50. The van der Waals surface area contributed by atoms with Crippen LogP contribution < -0.4 is 0 Å². The molecule has 0 saturated carbocycles. The Labute approximate surface area is 163 Å². The molecule has 4 atom stereocenters. The first-order chi connectivity index (χ1) is 11.6. The Morgan fingerprint density at radius 1 is 0.500 bits per heavy atom. The molecule has 0 saturated heterocycles. The predicted molar refractivity (Wildman–Crippen MR) is 118 cm³/mol. The van der Waals surface area contributed by atoms with Gasteiger partial charge in [0.05, 0.1) is 0 Å². The molecule has 4 unspecified atom stereocenters. The van der Waals surface area contributed by atoms with E-state index in [9.17, 15) is 9.59 Å². The minimum atomic E-state index is -3.08. The third kappa shape index (κ3) is 8.05. The van der Waals surface area contributed by atoms with E-state index < -0.39 is 42.8 Å². The van der Waals surface area contributed by atoms with Crippen molar-refractivity contribution in [1.29, 1.82) is 0 Å². The molecule has 0 aromatic rings. The largest absolute Gasteiger partial charge is 0.410 e. The van der Waals surface area contributed by atoms with Crippen molar-refractivity contribution >= 4 is 42.8 Å². The SMILES string of the molecule is C=C[Si](C)(O)O[Si](C)(C=C)O[Si](C)(C=C)O[Si](C)(C=C)O[Si](C)(O)C=C. The molecular weight excluding hydrogens is 417 g/mol. The zero-order valence-corrected chi connectivity index (χ0v) is 21.4. The van der Waals surface area contributed by atoms with Crippen molar-refractivity contribution < 1.29 is 26.1 Å². The molecule has 0 heterocycles. The lowest BCUT2D eigenvalue weighted by atomic mass is 11.3. The van der Waals surface area contributed by atoms with Crippen molar-refractivity contribution in [3.8, 4) is 0 Å². The quantitative estimate of drug-likeness (QED) is 0.422. The van der Waals surface area contributed by atoms with Crippen LogP contribution in [0, 0.1) is 0 Å². The van der Waals surface area contributed by atoms with Crippen LogP contribution in [0.5, 0.6) is 0 Å². The van der Waals surface area contributed by atoms with Gasteiger partial charge in [-0.3, -0.25) is 0 Å². The summed E-state index contributed by atoms with van der Waals surface area (Å²) in [5.74, 6) is 0. The molecule has 0 fully saturated rings. The summed E-state index contributed by atoms with van der Waals surface area (Å²) in [5.41, 5.74) is 7.60. The molecule has 0 amide bonds. The second-order valence-corrected chi connectivity index (χ2v) is 22.2. The predicted octanol–water partition coefficient (Wildman–Crippen LogP) is 3.02. The number of hydrogen-bond donors (Lipinski definition) is 2. The van der Waals surface area contributed by atoms with Crippen molar-refractivity contribution in [3.63, 3.8) is 0 Å². The standard InChI is InChI=1S/C15H32O6Si5/c1-11-22(6,16)18-24(8,13-3)20-26(10,15-5)21-25(9,14-4)19-23(7,17)12-2/h11-17H,1-5H2,6-10H3. The zero-order chi connectivity index (χ0) is 20.9. The van der Waals surface area contributed by atoms with Gasteiger partial charge in [-0.1, -0.05) is 28.5 Å². The van der Waals surface area contributed by atoms with E-state index >= 15 is 0 Å². The van der Waals surface area contributed by atoms with Gasteiger partial charge < -0.3 is 26.1 Å². The summed E-state index contributed by atoms with van der Waals surface area (Å²) in [7, 11) is -15.1. The van der Waals surface area contributed by atoms with E-state index in [4.69, 9.17) is 16.5 Å². The summed E-state index contributed by atoms with van der Waals surface area (Å²) < 4.78 is 24.2. The van der Waals surface area contributed by atoms with Gasteiger partial charge in [0.15, 0.2) is 0 Å². The lowest BCUT2D eigenvalue weighted by molar-refractivity contribution is 0.281. The summed E-state index contributed by atoms with van der Waals surface area (Å²) in [6.45, 7) is 27.2. The van der Waals surface area contributed by atoms with E-state index in [1.54, 1.807) is 49.8 Å². The molecular formula is C15H32O6Si5. The van der Waals surface area contributed by atoms with Crippen LogP contribution in [0.25, 0.3) is 0 Å². The monoisotopic (exact) mass is 448 g/mol. The van der Waals surface area contributed by atoms with E-state index in [0.717, 1.165) is 0 Å². The molecule has 0 aliphatic carbocycles. The Morgan fingerprint density at radius 3 is 0.923 bits per heavy atom. The normalized spacial score (nSPS) is 23.0. The van der Waals surface area contributed by atoms with E-state index in [0.29, 0.717) is 0 Å². The highest BCUT2D eigenvalue weighted by atomic mass is 28.5. The van der Waals surface area contributed by atoms with Gasteiger partial charge in [0.25, 0.3) is 0 Å². The topological polar surface area (TPSA) is 77.4 Å². The van der Waals surface area contributed by atoms with Crippen LogP contribution >= 0.6 is 0 Å². The molecule has 0 aromatic carbocycles. The van der Waals surface area contributed by atoms with Crippen LogP contribution in [0.1, 0.15) is 0 Å². The van der Waals surface area contributed by atoms with Crippen molar-refractivity contribution in [2.75, 3.05) is 0 Å². The van der Waals surface area contributed by atoms with Gasteiger partial charge in [-0.05, 0) is 32.7 Å². The molecule has 2 N–H and O–H groups in total. The fourth-order valence-electron chi connectivity index (χ4n) is 2.02. The van der Waals surface area contributed by atoms with Gasteiger partial charge in [-0.2, -0.15) is 0 Å². The maximum atomic E-state index is 10.3. The maximum Gasteiger partial charge on any atom is 0.349 e. The van der Waals surface area contributed by atoms with Crippen molar-refractivity contribution in [2.45, 2.75) is 32.7 Å². The molecule has 0 aliphatic rings. The van der Waals surface area contributed by atoms with Crippen molar-refractivity contribution in [2.24, 2.45) is 0 Å². The van der Waals surface area contributed by atoms with Crippen LogP contribution in [-0.2, 0) is 16.5 Å².